The van der Waals surface area contributed by atoms with Crippen molar-refractivity contribution in [3.05, 3.63) is 61.2 Å². The molecule has 0 saturated carbocycles. The van der Waals surface area contributed by atoms with E-state index in [1.807, 2.05) is 37.3 Å². The van der Waals surface area contributed by atoms with Gasteiger partial charge in [-0.1, -0.05) is 68.7 Å². The third-order valence-electron chi connectivity index (χ3n) is 9.97. The third-order valence-corrected chi connectivity index (χ3v) is 9.97. The monoisotopic (exact) mass is 651 g/mol. The first-order chi connectivity index (χ1) is 22.7. The van der Waals surface area contributed by atoms with Crippen molar-refractivity contribution >= 4 is 23.7 Å². The van der Waals surface area contributed by atoms with E-state index in [1.54, 1.807) is 22.0 Å². The van der Waals surface area contributed by atoms with E-state index in [-0.39, 0.29) is 49.4 Å². The van der Waals surface area contributed by atoms with Gasteiger partial charge in [-0.05, 0) is 51.0 Å². The van der Waals surface area contributed by atoms with Crippen LogP contribution in [0.3, 0.4) is 0 Å². The molecular weight excluding hydrogens is 598 g/mol. The number of carbonyl (C=O) groups is 4. The molecule has 3 aliphatic rings. The Bertz CT molecular complexity index is 1260. The van der Waals surface area contributed by atoms with Gasteiger partial charge >= 0.3 is 5.97 Å². The minimum atomic E-state index is -1.10. The van der Waals surface area contributed by atoms with Crippen molar-refractivity contribution in [2.75, 3.05) is 26.3 Å². The van der Waals surface area contributed by atoms with Gasteiger partial charge in [0.05, 0.1) is 24.0 Å². The number of carbonyl (C=O) groups excluding carboxylic acids is 4. The van der Waals surface area contributed by atoms with Crippen LogP contribution in [0.25, 0.3) is 0 Å². The molecule has 4 rings (SSSR count). The van der Waals surface area contributed by atoms with Gasteiger partial charge in [-0.25, -0.2) is 0 Å². The normalized spacial score (nSPS) is 25.6. The maximum atomic E-state index is 14.5. The third kappa shape index (κ3) is 7.97. The molecule has 2 N–H and O–H groups in total. The molecule has 0 aliphatic carbocycles. The fourth-order valence-corrected chi connectivity index (χ4v) is 7.72. The zero-order valence-corrected chi connectivity index (χ0v) is 28.1. The number of aliphatic hydroxyl groups excluding tert-OH is 1. The number of aliphatic hydroxyl groups is 1. The Hall–Kier alpha value is -3.50. The molecule has 1 aromatic carbocycles. The number of nitrogens with one attached hydrogen (secondary N) is 1. The number of ether oxygens (including phenoxy) is 2. The molecule has 2 bridgehead atoms. The van der Waals surface area contributed by atoms with Gasteiger partial charge in [-0.3, -0.25) is 19.2 Å². The fraction of sp³-hybridized carbons (Fsp3) is 0.622. The summed E-state index contributed by atoms with van der Waals surface area (Å²) in [5.74, 6) is -2.69. The van der Waals surface area contributed by atoms with Crippen LogP contribution in [0.5, 0.6) is 0 Å². The quantitative estimate of drug-likeness (QED) is 0.121. The van der Waals surface area contributed by atoms with Crippen molar-refractivity contribution in [1.82, 2.24) is 15.1 Å². The van der Waals surface area contributed by atoms with Gasteiger partial charge in [-0.15, -0.1) is 13.2 Å². The lowest BCUT2D eigenvalue weighted by Crippen LogP contribution is -2.58. The fourth-order valence-electron chi connectivity index (χ4n) is 7.72. The van der Waals surface area contributed by atoms with Crippen LogP contribution >= 0.6 is 0 Å². The molecule has 3 heterocycles. The van der Waals surface area contributed by atoms with Crippen LogP contribution in [0.2, 0.25) is 0 Å². The summed E-state index contributed by atoms with van der Waals surface area (Å²) in [6.45, 7) is 12.4. The molecular formula is C37H53N3O7. The second-order valence-electron chi connectivity index (χ2n) is 13.1. The van der Waals surface area contributed by atoms with E-state index in [0.29, 0.717) is 45.2 Å². The summed E-state index contributed by atoms with van der Waals surface area (Å²) in [6, 6.07) is 7.79. The summed E-state index contributed by atoms with van der Waals surface area (Å²) >= 11 is 0. The number of likely N-dealkylation sites (tertiary alicyclic amines) is 1. The Morgan fingerprint density at radius 3 is 2.60 bits per heavy atom. The zero-order chi connectivity index (χ0) is 34.0. The largest absolute Gasteiger partial charge is 0.463 e. The van der Waals surface area contributed by atoms with Crippen molar-refractivity contribution < 1.29 is 33.8 Å². The Labute approximate surface area is 279 Å². The molecule has 3 saturated heterocycles. The second kappa shape index (κ2) is 17.1. The lowest BCUT2D eigenvalue weighted by Gasteiger charge is -2.39. The Morgan fingerprint density at radius 1 is 1.17 bits per heavy atom. The molecule has 7 atom stereocenters. The van der Waals surface area contributed by atoms with E-state index in [4.69, 9.17) is 9.47 Å². The van der Waals surface area contributed by atoms with Gasteiger partial charge < -0.3 is 29.7 Å². The molecule has 0 aromatic heterocycles. The number of amides is 3. The number of unbranched alkanes of at least 4 members (excludes halogenated alkanes) is 3. The Morgan fingerprint density at radius 2 is 1.91 bits per heavy atom. The van der Waals surface area contributed by atoms with Gasteiger partial charge in [0.15, 0.2) is 0 Å². The standard InChI is InChI=1S/C37H53N3O7/c1-5-8-19-30(42)46-25-28(27-17-12-11-13-18-27)38-34(43)31-29-20-21-37(47-29)32(31)35(44)40(23-14-9-10-15-24-41)33(37)36(45)39(22-7-3)26(4)16-6-2/h5,7,11-13,17-18,26,28-29,31-33,41H,1,3,6,8-10,14-16,19-25H2,2,4H3,(H,38,43)/t26?,28-,29+,31-,32-,33+,37-/m1/s1. The van der Waals surface area contributed by atoms with E-state index < -0.39 is 35.6 Å². The molecule has 3 amide bonds. The summed E-state index contributed by atoms with van der Waals surface area (Å²) in [5, 5.41) is 12.3. The van der Waals surface area contributed by atoms with Crippen LogP contribution in [0.1, 0.15) is 89.7 Å². The summed E-state index contributed by atoms with van der Waals surface area (Å²) in [5.41, 5.74) is -0.326. The number of hydrogen-bond donors (Lipinski definition) is 2. The van der Waals surface area contributed by atoms with E-state index in [2.05, 4.69) is 25.4 Å². The summed E-state index contributed by atoms with van der Waals surface area (Å²) in [7, 11) is 0. The van der Waals surface area contributed by atoms with Gasteiger partial charge in [0.2, 0.25) is 17.7 Å². The molecule has 10 nitrogen and oxygen atoms in total. The number of allylic oxidation sites excluding steroid dienone is 1. The number of esters is 1. The highest BCUT2D eigenvalue weighted by molar-refractivity contribution is 5.99. The molecule has 1 spiro atoms. The highest BCUT2D eigenvalue weighted by atomic mass is 16.5. The van der Waals surface area contributed by atoms with Crippen LogP contribution in [0.4, 0.5) is 0 Å². The van der Waals surface area contributed by atoms with Gasteiger partial charge in [0.1, 0.15) is 18.2 Å². The van der Waals surface area contributed by atoms with Crippen molar-refractivity contribution in [1.29, 1.82) is 0 Å². The summed E-state index contributed by atoms with van der Waals surface area (Å²) in [4.78, 5) is 59.0. The molecule has 0 radical (unpaired) electrons. The van der Waals surface area contributed by atoms with E-state index >= 15 is 0 Å². The van der Waals surface area contributed by atoms with E-state index in [0.717, 1.165) is 31.2 Å². The number of benzene rings is 1. The first-order valence-corrected chi connectivity index (χ1v) is 17.4. The number of nitrogens with zero attached hydrogens (tertiary/aromatic N) is 2. The van der Waals surface area contributed by atoms with Crippen molar-refractivity contribution in [2.45, 2.75) is 108 Å². The van der Waals surface area contributed by atoms with Gasteiger partial charge in [0.25, 0.3) is 0 Å². The van der Waals surface area contributed by atoms with Crippen molar-refractivity contribution in [2.24, 2.45) is 11.8 Å². The lowest BCUT2D eigenvalue weighted by atomic mass is 9.70. The molecule has 10 heteroatoms. The van der Waals surface area contributed by atoms with Crippen LogP contribution < -0.4 is 5.32 Å². The highest BCUT2D eigenvalue weighted by Crippen LogP contribution is 2.58. The van der Waals surface area contributed by atoms with E-state index in [9.17, 15) is 24.3 Å². The van der Waals surface area contributed by atoms with Crippen LogP contribution in [0, 0.1) is 11.8 Å². The average Bonchev–Trinajstić information content (AvgIpc) is 3.71. The summed E-state index contributed by atoms with van der Waals surface area (Å²) < 4.78 is 12.2. The highest BCUT2D eigenvalue weighted by Gasteiger charge is 2.74. The molecule has 1 unspecified atom stereocenters. The number of rotatable bonds is 20. The minimum Gasteiger partial charge on any atom is -0.463 e. The SMILES string of the molecule is C=CCCC(=O)OC[C@@H](NC(=O)[C@@H]1[C@@H]2CC[C@]3(O2)[C@H](C(=O)N(CC=C)C(C)CCC)N(CCCCCCO)C(=O)[C@@H]13)c1ccccc1. The van der Waals surface area contributed by atoms with Crippen LogP contribution in [0.15, 0.2) is 55.6 Å². The molecule has 47 heavy (non-hydrogen) atoms. The van der Waals surface area contributed by atoms with Crippen LogP contribution in [-0.2, 0) is 28.7 Å². The molecule has 3 aliphatic heterocycles. The van der Waals surface area contributed by atoms with Crippen LogP contribution in [-0.4, -0.2) is 88.7 Å². The average molecular weight is 652 g/mol. The lowest BCUT2D eigenvalue weighted by molar-refractivity contribution is -0.149. The Kier molecular flexibility index (Phi) is 13.2. The van der Waals surface area contributed by atoms with Gasteiger partial charge in [0, 0.05) is 32.2 Å². The van der Waals surface area contributed by atoms with Gasteiger partial charge in [-0.2, -0.15) is 0 Å². The minimum absolute atomic E-state index is 0.0547. The van der Waals surface area contributed by atoms with Crippen molar-refractivity contribution in [3.8, 4) is 0 Å². The molecule has 1 aromatic rings. The second-order valence-corrected chi connectivity index (χ2v) is 13.1. The smallest absolute Gasteiger partial charge is 0.306 e. The maximum Gasteiger partial charge on any atom is 0.306 e. The Balaban J connectivity index is 1.62. The van der Waals surface area contributed by atoms with Crippen molar-refractivity contribution in [3.63, 3.8) is 0 Å². The predicted molar refractivity (Wildman–Crippen MR) is 179 cm³/mol. The molecule has 258 valence electrons. The van der Waals surface area contributed by atoms with E-state index in [1.165, 1.54) is 0 Å². The summed E-state index contributed by atoms with van der Waals surface area (Å²) in [6.07, 6.45) is 9.34. The molecule has 3 fully saturated rings. The first-order valence-electron chi connectivity index (χ1n) is 17.4. The number of fused-ring (bicyclic) bond motifs is 1. The number of hydrogen-bond acceptors (Lipinski definition) is 7. The first kappa shape index (κ1) is 36.3. The maximum absolute atomic E-state index is 14.5. The zero-order valence-electron chi connectivity index (χ0n) is 28.1. The predicted octanol–water partition coefficient (Wildman–Crippen LogP) is 4.48. The topological polar surface area (TPSA) is 125 Å².